The van der Waals surface area contributed by atoms with Crippen molar-refractivity contribution in [1.82, 2.24) is 4.90 Å². The van der Waals surface area contributed by atoms with Crippen LogP contribution in [0.5, 0.6) is 0 Å². The molecule has 0 aromatic rings. The molecule has 0 heterocycles. The molecule has 1 rings (SSSR count). The van der Waals surface area contributed by atoms with E-state index in [0.717, 1.165) is 38.8 Å². The third-order valence-corrected chi connectivity index (χ3v) is 3.83. The van der Waals surface area contributed by atoms with Crippen LogP contribution in [0.25, 0.3) is 0 Å². The lowest BCUT2D eigenvalue weighted by Gasteiger charge is -2.34. The first-order valence-corrected chi connectivity index (χ1v) is 7.23. The van der Waals surface area contributed by atoms with Crippen LogP contribution >= 0.6 is 0 Å². The minimum absolute atomic E-state index is 0.201. The molecule has 0 radical (unpaired) electrons. The van der Waals surface area contributed by atoms with Crippen molar-refractivity contribution >= 4 is 5.91 Å². The molecule has 1 aliphatic rings. The Bertz CT molecular complexity index is 224. The van der Waals surface area contributed by atoms with E-state index >= 15 is 0 Å². The molecule has 0 aromatic heterocycles. The fourth-order valence-corrected chi connectivity index (χ4v) is 2.92. The van der Waals surface area contributed by atoms with E-state index in [0.29, 0.717) is 18.4 Å². The molecule has 2 unspecified atom stereocenters. The Balaban J connectivity index is 2.62. The summed E-state index contributed by atoms with van der Waals surface area (Å²) in [5.74, 6) is 0.989. The van der Waals surface area contributed by atoms with Crippen LogP contribution in [-0.4, -0.2) is 30.4 Å². The van der Waals surface area contributed by atoms with Crippen molar-refractivity contribution in [3.8, 4) is 0 Å². The van der Waals surface area contributed by atoms with Gasteiger partial charge in [-0.2, -0.15) is 0 Å². The Morgan fingerprint density at radius 3 is 2.29 bits per heavy atom. The lowest BCUT2D eigenvalue weighted by atomic mass is 9.78. The molecule has 3 heteroatoms. The minimum Gasteiger partial charge on any atom is -0.342 e. The SMILES string of the molecule is CCCN(CCC)C(=O)C1CCCCC1CN. The monoisotopic (exact) mass is 240 g/mol. The second kappa shape index (κ2) is 7.70. The average Bonchev–Trinajstić information content (AvgIpc) is 2.37. The second-order valence-electron chi connectivity index (χ2n) is 5.21. The maximum Gasteiger partial charge on any atom is 0.226 e. The van der Waals surface area contributed by atoms with Gasteiger partial charge in [0.05, 0.1) is 0 Å². The third kappa shape index (κ3) is 3.98. The van der Waals surface area contributed by atoms with Gasteiger partial charge >= 0.3 is 0 Å². The van der Waals surface area contributed by atoms with Gasteiger partial charge in [-0.3, -0.25) is 4.79 Å². The first-order valence-electron chi connectivity index (χ1n) is 7.23. The number of carbonyl (C=O) groups is 1. The van der Waals surface area contributed by atoms with Crippen molar-refractivity contribution < 1.29 is 4.79 Å². The predicted molar refractivity (Wildman–Crippen MR) is 71.7 cm³/mol. The lowest BCUT2D eigenvalue weighted by molar-refractivity contribution is -0.138. The largest absolute Gasteiger partial charge is 0.342 e. The van der Waals surface area contributed by atoms with Gasteiger partial charge in [-0.05, 0) is 38.1 Å². The van der Waals surface area contributed by atoms with Gasteiger partial charge < -0.3 is 10.6 Å². The number of rotatable bonds is 6. The van der Waals surface area contributed by atoms with Crippen molar-refractivity contribution in [3.63, 3.8) is 0 Å². The highest BCUT2D eigenvalue weighted by Crippen LogP contribution is 2.30. The zero-order valence-electron chi connectivity index (χ0n) is 11.5. The van der Waals surface area contributed by atoms with Crippen LogP contribution < -0.4 is 5.73 Å². The maximum absolute atomic E-state index is 12.5. The smallest absolute Gasteiger partial charge is 0.226 e. The molecule has 2 atom stereocenters. The topological polar surface area (TPSA) is 46.3 Å². The van der Waals surface area contributed by atoms with Gasteiger partial charge in [-0.15, -0.1) is 0 Å². The molecule has 0 aliphatic heterocycles. The molecular weight excluding hydrogens is 212 g/mol. The molecule has 0 saturated heterocycles. The van der Waals surface area contributed by atoms with E-state index < -0.39 is 0 Å². The highest BCUT2D eigenvalue weighted by Gasteiger charge is 2.32. The van der Waals surface area contributed by atoms with E-state index in [1.165, 1.54) is 12.8 Å². The summed E-state index contributed by atoms with van der Waals surface area (Å²) in [6.07, 6.45) is 6.72. The van der Waals surface area contributed by atoms with Crippen LogP contribution in [0.1, 0.15) is 52.4 Å². The lowest BCUT2D eigenvalue weighted by Crippen LogP contribution is -2.42. The number of amides is 1. The van der Waals surface area contributed by atoms with Crippen LogP contribution in [0.4, 0.5) is 0 Å². The van der Waals surface area contributed by atoms with E-state index in [1.54, 1.807) is 0 Å². The van der Waals surface area contributed by atoms with Crippen LogP contribution in [0.2, 0.25) is 0 Å². The van der Waals surface area contributed by atoms with Gasteiger partial charge in [-0.25, -0.2) is 0 Å². The Morgan fingerprint density at radius 1 is 1.18 bits per heavy atom. The summed E-state index contributed by atoms with van der Waals surface area (Å²) in [6, 6.07) is 0. The van der Waals surface area contributed by atoms with Crippen LogP contribution in [-0.2, 0) is 4.79 Å². The number of nitrogens with zero attached hydrogens (tertiary/aromatic N) is 1. The van der Waals surface area contributed by atoms with Gasteiger partial charge in [0.15, 0.2) is 0 Å². The fraction of sp³-hybridized carbons (Fsp3) is 0.929. The zero-order valence-corrected chi connectivity index (χ0v) is 11.5. The standard InChI is InChI=1S/C14H28N2O/c1-3-9-16(10-4-2)14(17)13-8-6-5-7-12(13)11-15/h12-13H,3-11,15H2,1-2H3. The van der Waals surface area contributed by atoms with Gasteiger partial charge in [0.25, 0.3) is 0 Å². The molecule has 1 aliphatic carbocycles. The molecule has 0 bridgehead atoms. The van der Waals surface area contributed by atoms with Crippen molar-refractivity contribution in [2.24, 2.45) is 17.6 Å². The highest BCUT2D eigenvalue weighted by molar-refractivity contribution is 5.79. The van der Waals surface area contributed by atoms with Gasteiger partial charge in [0, 0.05) is 19.0 Å². The third-order valence-electron chi connectivity index (χ3n) is 3.83. The number of nitrogens with two attached hydrogens (primary N) is 1. The van der Waals surface area contributed by atoms with E-state index in [4.69, 9.17) is 5.73 Å². The summed E-state index contributed by atoms with van der Waals surface area (Å²) < 4.78 is 0. The molecule has 1 amide bonds. The highest BCUT2D eigenvalue weighted by atomic mass is 16.2. The number of carbonyl (C=O) groups excluding carboxylic acids is 1. The summed E-state index contributed by atoms with van der Waals surface area (Å²) in [6.45, 7) is 6.75. The molecule has 3 nitrogen and oxygen atoms in total. The first kappa shape index (κ1) is 14.5. The van der Waals surface area contributed by atoms with Crippen molar-refractivity contribution in [2.45, 2.75) is 52.4 Å². The van der Waals surface area contributed by atoms with E-state index in [9.17, 15) is 4.79 Å². The number of hydrogen-bond acceptors (Lipinski definition) is 2. The van der Waals surface area contributed by atoms with Crippen molar-refractivity contribution in [2.75, 3.05) is 19.6 Å². The Hall–Kier alpha value is -0.570. The quantitative estimate of drug-likeness (QED) is 0.775. The molecule has 100 valence electrons. The van der Waals surface area contributed by atoms with Crippen LogP contribution in [0.3, 0.4) is 0 Å². The van der Waals surface area contributed by atoms with E-state index in [2.05, 4.69) is 18.7 Å². The van der Waals surface area contributed by atoms with Crippen LogP contribution in [0, 0.1) is 11.8 Å². The minimum atomic E-state index is 0.201. The molecule has 17 heavy (non-hydrogen) atoms. The summed E-state index contributed by atoms with van der Waals surface area (Å²) in [5.41, 5.74) is 5.81. The molecule has 1 fully saturated rings. The van der Waals surface area contributed by atoms with Gasteiger partial charge in [0.2, 0.25) is 5.91 Å². The molecular formula is C14H28N2O. The summed E-state index contributed by atoms with van der Waals surface area (Å²) in [4.78, 5) is 14.6. The fourth-order valence-electron chi connectivity index (χ4n) is 2.92. The zero-order chi connectivity index (χ0) is 12.7. The van der Waals surface area contributed by atoms with Crippen molar-refractivity contribution in [1.29, 1.82) is 0 Å². The Morgan fingerprint density at radius 2 is 1.76 bits per heavy atom. The van der Waals surface area contributed by atoms with Gasteiger partial charge in [0.1, 0.15) is 0 Å². The summed E-state index contributed by atoms with van der Waals surface area (Å²) in [5, 5.41) is 0. The molecule has 1 saturated carbocycles. The maximum atomic E-state index is 12.5. The molecule has 0 aromatic carbocycles. The van der Waals surface area contributed by atoms with Crippen molar-refractivity contribution in [3.05, 3.63) is 0 Å². The average molecular weight is 240 g/mol. The normalized spacial score (nSPS) is 24.6. The van der Waals surface area contributed by atoms with Gasteiger partial charge in [-0.1, -0.05) is 26.7 Å². The van der Waals surface area contributed by atoms with E-state index in [-0.39, 0.29) is 5.92 Å². The second-order valence-corrected chi connectivity index (χ2v) is 5.21. The predicted octanol–water partition coefficient (Wildman–Crippen LogP) is 2.40. The Labute approximate surface area is 106 Å². The summed E-state index contributed by atoms with van der Waals surface area (Å²) >= 11 is 0. The molecule has 0 spiro atoms. The Kier molecular flexibility index (Phi) is 6.56. The van der Waals surface area contributed by atoms with Crippen LogP contribution in [0.15, 0.2) is 0 Å². The number of hydrogen-bond donors (Lipinski definition) is 1. The molecule has 2 N–H and O–H groups in total. The van der Waals surface area contributed by atoms with E-state index in [1.807, 2.05) is 0 Å². The summed E-state index contributed by atoms with van der Waals surface area (Å²) in [7, 11) is 0. The first-order chi connectivity index (χ1) is 8.24.